The summed E-state index contributed by atoms with van der Waals surface area (Å²) in [7, 11) is 2.05. The molecule has 1 aromatic heterocycles. The second-order valence-corrected chi connectivity index (χ2v) is 4.94. The first-order chi connectivity index (χ1) is 7.66. The Bertz CT molecular complexity index is 509. The monoisotopic (exact) mass is 324 g/mol. The fraction of sp³-hybridized carbons (Fsp3) is 0.154. The first kappa shape index (κ1) is 11.4. The Labute approximate surface area is 109 Å². The minimum atomic E-state index is 0.985. The third-order valence-corrected chi connectivity index (χ3v) is 3.30. The highest BCUT2D eigenvalue weighted by molar-refractivity contribution is 14.1. The Kier molecular flexibility index (Phi) is 3.43. The van der Waals surface area contributed by atoms with Gasteiger partial charge in [0.25, 0.3) is 0 Å². The summed E-state index contributed by atoms with van der Waals surface area (Å²) >= 11 is 2.29. The maximum absolute atomic E-state index is 4.44. The molecule has 0 aliphatic rings. The van der Waals surface area contributed by atoms with Gasteiger partial charge in [0.2, 0.25) is 0 Å². The van der Waals surface area contributed by atoms with Gasteiger partial charge in [-0.05, 0) is 65.9 Å². The zero-order valence-electron chi connectivity index (χ0n) is 9.31. The van der Waals surface area contributed by atoms with Crippen molar-refractivity contribution in [3.05, 3.63) is 51.4 Å². The molecule has 0 saturated carbocycles. The smallest absolute Gasteiger partial charge is 0.0631 e. The van der Waals surface area contributed by atoms with Gasteiger partial charge in [-0.2, -0.15) is 0 Å². The normalized spacial score (nSPS) is 11.2. The molecule has 0 fully saturated rings. The lowest BCUT2D eigenvalue weighted by Gasteiger charge is -1.99. The number of aliphatic imine (C=N–C) groups is 1. The molecular formula is C13H13IN2. The Morgan fingerprint density at radius 3 is 2.38 bits per heavy atom. The third-order valence-electron chi connectivity index (χ3n) is 2.58. The van der Waals surface area contributed by atoms with Crippen LogP contribution >= 0.6 is 22.6 Å². The average Bonchev–Trinajstić information content (AvgIpc) is 2.60. The lowest BCUT2D eigenvalue weighted by Crippen LogP contribution is -1.96. The molecule has 0 amide bonds. The number of aromatic nitrogens is 1. The van der Waals surface area contributed by atoms with E-state index in [1.165, 1.54) is 9.26 Å². The predicted molar refractivity (Wildman–Crippen MR) is 76.6 cm³/mol. The number of halogens is 1. The summed E-state index contributed by atoms with van der Waals surface area (Å²) in [6, 6.07) is 12.3. The molecule has 0 saturated heterocycles. The van der Waals surface area contributed by atoms with Crippen molar-refractivity contribution in [1.29, 1.82) is 0 Å². The van der Waals surface area contributed by atoms with E-state index < -0.39 is 0 Å². The van der Waals surface area contributed by atoms with Crippen LogP contribution in [0.5, 0.6) is 0 Å². The molecule has 16 heavy (non-hydrogen) atoms. The second-order valence-electron chi connectivity index (χ2n) is 3.69. The molecule has 2 rings (SSSR count). The van der Waals surface area contributed by atoms with Crippen LogP contribution in [0.4, 0.5) is 5.69 Å². The lowest BCUT2D eigenvalue weighted by molar-refractivity contribution is 0.874. The molecule has 1 heterocycles. The highest BCUT2D eigenvalue weighted by Gasteiger charge is 1.97. The van der Waals surface area contributed by atoms with Crippen LogP contribution in [-0.4, -0.2) is 10.8 Å². The maximum Gasteiger partial charge on any atom is 0.0631 e. The van der Waals surface area contributed by atoms with Crippen LogP contribution < -0.4 is 0 Å². The Morgan fingerprint density at radius 2 is 1.81 bits per heavy atom. The van der Waals surface area contributed by atoms with Gasteiger partial charge in [-0.25, -0.2) is 0 Å². The van der Waals surface area contributed by atoms with Crippen LogP contribution in [0.25, 0.3) is 0 Å². The Morgan fingerprint density at radius 1 is 1.12 bits per heavy atom. The molecule has 0 aliphatic carbocycles. The molecular weight excluding hydrogens is 311 g/mol. The molecule has 0 atom stereocenters. The minimum absolute atomic E-state index is 0.985. The number of benzene rings is 1. The van der Waals surface area contributed by atoms with Crippen LogP contribution in [0.2, 0.25) is 0 Å². The van der Waals surface area contributed by atoms with Crippen molar-refractivity contribution in [2.24, 2.45) is 12.0 Å². The molecule has 2 nitrogen and oxygen atoms in total. The van der Waals surface area contributed by atoms with Crippen LogP contribution in [-0.2, 0) is 7.05 Å². The number of aryl methyl sites for hydroxylation is 1. The fourth-order valence-corrected chi connectivity index (χ4v) is 1.79. The first-order valence-electron chi connectivity index (χ1n) is 5.09. The van der Waals surface area contributed by atoms with E-state index in [4.69, 9.17) is 0 Å². The van der Waals surface area contributed by atoms with Crippen molar-refractivity contribution < 1.29 is 0 Å². The summed E-state index contributed by atoms with van der Waals surface area (Å²) in [6.07, 6.45) is 1.90. The predicted octanol–water partition coefficient (Wildman–Crippen LogP) is 3.69. The molecule has 3 heteroatoms. The SMILES string of the molecule is Cc1ccc(C=Nc2ccc(I)cc2)n1C. The van der Waals surface area contributed by atoms with Gasteiger partial charge in [-0.15, -0.1) is 0 Å². The van der Waals surface area contributed by atoms with Crippen molar-refractivity contribution >= 4 is 34.5 Å². The van der Waals surface area contributed by atoms with Gasteiger partial charge < -0.3 is 4.57 Å². The van der Waals surface area contributed by atoms with Gasteiger partial charge in [0.15, 0.2) is 0 Å². The van der Waals surface area contributed by atoms with Crippen molar-refractivity contribution in [3.8, 4) is 0 Å². The van der Waals surface area contributed by atoms with Crippen molar-refractivity contribution in [1.82, 2.24) is 4.57 Å². The third kappa shape index (κ3) is 2.52. The van der Waals surface area contributed by atoms with Crippen LogP contribution in [0.1, 0.15) is 11.4 Å². The molecule has 1 aromatic carbocycles. The van der Waals surface area contributed by atoms with E-state index in [1.54, 1.807) is 0 Å². The molecule has 0 spiro atoms. The molecule has 0 radical (unpaired) electrons. The average molecular weight is 324 g/mol. The summed E-state index contributed by atoms with van der Waals surface area (Å²) < 4.78 is 3.35. The highest BCUT2D eigenvalue weighted by Crippen LogP contribution is 2.14. The van der Waals surface area contributed by atoms with E-state index in [9.17, 15) is 0 Å². The fourth-order valence-electron chi connectivity index (χ4n) is 1.43. The summed E-state index contributed by atoms with van der Waals surface area (Å²) in [4.78, 5) is 4.44. The van der Waals surface area contributed by atoms with Gasteiger partial charge >= 0.3 is 0 Å². The molecule has 0 bridgehead atoms. The zero-order chi connectivity index (χ0) is 11.5. The molecule has 0 unspecified atom stereocenters. The summed E-state index contributed by atoms with van der Waals surface area (Å²) in [5.41, 5.74) is 3.35. The van der Waals surface area contributed by atoms with Crippen molar-refractivity contribution in [2.75, 3.05) is 0 Å². The number of nitrogens with zero attached hydrogens (tertiary/aromatic N) is 2. The lowest BCUT2D eigenvalue weighted by atomic mass is 10.3. The number of hydrogen-bond acceptors (Lipinski definition) is 1. The van der Waals surface area contributed by atoms with Gasteiger partial charge in [0, 0.05) is 16.3 Å². The van der Waals surface area contributed by atoms with E-state index in [0.717, 1.165) is 11.4 Å². The van der Waals surface area contributed by atoms with Crippen molar-refractivity contribution in [2.45, 2.75) is 6.92 Å². The van der Waals surface area contributed by atoms with E-state index in [0.29, 0.717) is 0 Å². The standard InChI is InChI=1S/C13H13IN2/c1-10-3-8-13(16(10)2)9-15-12-6-4-11(14)5-7-12/h3-9H,1-2H3. The van der Waals surface area contributed by atoms with Gasteiger partial charge in [-0.1, -0.05) is 0 Å². The van der Waals surface area contributed by atoms with E-state index >= 15 is 0 Å². The molecule has 0 aliphatic heterocycles. The molecule has 2 aromatic rings. The summed E-state index contributed by atoms with van der Waals surface area (Å²) in [6.45, 7) is 2.09. The molecule has 82 valence electrons. The van der Waals surface area contributed by atoms with E-state index in [-0.39, 0.29) is 0 Å². The summed E-state index contributed by atoms with van der Waals surface area (Å²) in [5.74, 6) is 0. The highest BCUT2D eigenvalue weighted by atomic mass is 127. The molecule has 0 N–H and O–H groups in total. The van der Waals surface area contributed by atoms with Crippen molar-refractivity contribution in [3.63, 3.8) is 0 Å². The minimum Gasteiger partial charge on any atom is -0.347 e. The van der Waals surface area contributed by atoms with E-state index in [2.05, 4.69) is 63.3 Å². The quantitative estimate of drug-likeness (QED) is 0.592. The number of rotatable bonds is 2. The maximum atomic E-state index is 4.44. The Balaban J connectivity index is 2.21. The largest absolute Gasteiger partial charge is 0.347 e. The Hall–Kier alpha value is -1.10. The van der Waals surface area contributed by atoms with Gasteiger partial charge in [0.1, 0.15) is 0 Å². The zero-order valence-corrected chi connectivity index (χ0v) is 11.5. The summed E-state index contributed by atoms with van der Waals surface area (Å²) in [5, 5.41) is 0. The van der Waals surface area contributed by atoms with Gasteiger partial charge in [0.05, 0.1) is 17.6 Å². The van der Waals surface area contributed by atoms with Crippen LogP contribution in [0, 0.1) is 10.5 Å². The second kappa shape index (κ2) is 4.82. The van der Waals surface area contributed by atoms with E-state index in [1.807, 2.05) is 25.4 Å². The first-order valence-corrected chi connectivity index (χ1v) is 6.16. The van der Waals surface area contributed by atoms with Gasteiger partial charge in [-0.3, -0.25) is 4.99 Å². The number of hydrogen-bond donors (Lipinski definition) is 0. The van der Waals surface area contributed by atoms with Crippen LogP contribution in [0.3, 0.4) is 0 Å². The van der Waals surface area contributed by atoms with Crippen LogP contribution in [0.15, 0.2) is 41.4 Å². The topological polar surface area (TPSA) is 17.3 Å².